The number of ether oxygens (including phenoxy) is 2. The van der Waals surface area contributed by atoms with Gasteiger partial charge >= 0.3 is 5.69 Å². The number of benzene rings is 1. The molecule has 5 heterocycles. The molecule has 7 rings (SSSR count). The lowest BCUT2D eigenvalue weighted by Gasteiger charge is -2.36. The van der Waals surface area contributed by atoms with Crippen molar-refractivity contribution >= 4 is 23.0 Å². The van der Waals surface area contributed by atoms with Crippen molar-refractivity contribution in [1.82, 2.24) is 24.1 Å². The summed E-state index contributed by atoms with van der Waals surface area (Å²) in [5.41, 5.74) is 2.28. The molecule has 13 nitrogen and oxygen atoms in total. The molecule has 4 aromatic rings. The Hall–Kier alpha value is -4.07. The van der Waals surface area contributed by atoms with Gasteiger partial charge in [0.2, 0.25) is 5.78 Å². The number of piperazine rings is 1. The summed E-state index contributed by atoms with van der Waals surface area (Å²) in [4.78, 5) is 27.6. The average Bonchev–Trinajstić information content (AvgIpc) is 3.41. The predicted molar refractivity (Wildman–Crippen MR) is 154 cm³/mol. The van der Waals surface area contributed by atoms with Crippen LogP contribution in [0.25, 0.3) is 5.78 Å². The van der Waals surface area contributed by atoms with E-state index in [0.29, 0.717) is 54.4 Å². The first kappa shape index (κ1) is 25.9. The van der Waals surface area contributed by atoms with Gasteiger partial charge in [0.05, 0.1) is 12.9 Å². The van der Waals surface area contributed by atoms with Crippen molar-refractivity contribution in [1.29, 1.82) is 0 Å². The molecule has 3 N–H and O–H groups in total. The summed E-state index contributed by atoms with van der Waals surface area (Å²) in [6.07, 6.45) is 3.60. The molecule has 13 heteroatoms. The second-order valence-electron chi connectivity index (χ2n) is 10.8. The second-order valence-corrected chi connectivity index (χ2v) is 10.8. The van der Waals surface area contributed by atoms with Gasteiger partial charge in [-0.1, -0.05) is 0 Å². The van der Waals surface area contributed by atoms with Crippen molar-refractivity contribution < 1.29 is 13.9 Å². The third-order valence-electron chi connectivity index (χ3n) is 8.12. The zero-order valence-electron chi connectivity index (χ0n) is 23.1. The molecule has 0 amide bonds. The molecule has 1 unspecified atom stereocenters. The van der Waals surface area contributed by atoms with Crippen molar-refractivity contribution in [3.8, 4) is 5.75 Å². The molecule has 3 aliphatic rings. The average molecular weight is 562 g/mol. The first-order valence-corrected chi connectivity index (χ1v) is 14.2. The van der Waals surface area contributed by atoms with E-state index in [2.05, 4.69) is 27.0 Å². The van der Waals surface area contributed by atoms with E-state index < -0.39 is 0 Å². The Kier molecular flexibility index (Phi) is 6.77. The second kappa shape index (κ2) is 10.7. The van der Waals surface area contributed by atoms with Crippen LogP contribution in [0.4, 0.5) is 11.5 Å². The summed E-state index contributed by atoms with van der Waals surface area (Å²) in [5, 5.41) is 4.60. The van der Waals surface area contributed by atoms with Gasteiger partial charge in [-0.05, 0) is 49.2 Å². The largest absolute Gasteiger partial charge is 0.491 e. The lowest BCUT2D eigenvalue weighted by Crippen LogP contribution is -2.47. The minimum absolute atomic E-state index is 0.196. The minimum Gasteiger partial charge on any atom is -0.491 e. The Morgan fingerprint density at radius 2 is 1.88 bits per heavy atom. The van der Waals surface area contributed by atoms with Crippen LogP contribution < -0.4 is 26.2 Å². The maximum Gasteiger partial charge on any atom is 0.343 e. The molecule has 1 saturated carbocycles. The molecule has 41 heavy (non-hydrogen) atoms. The molecule has 1 saturated heterocycles. The summed E-state index contributed by atoms with van der Waals surface area (Å²) < 4.78 is 19.8. The number of rotatable bonds is 10. The van der Waals surface area contributed by atoms with Crippen LogP contribution in [0.5, 0.6) is 5.75 Å². The van der Waals surface area contributed by atoms with Crippen molar-refractivity contribution in [2.75, 3.05) is 63.0 Å². The molecule has 0 radical (unpaired) electrons. The van der Waals surface area contributed by atoms with E-state index in [4.69, 9.17) is 29.7 Å². The Labute approximate surface area is 236 Å². The van der Waals surface area contributed by atoms with E-state index >= 15 is 0 Å². The molecular formula is C28H35N9O4. The Bertz CT molecular complexity index is 1570. The summed E-state index contributed by atoms with van der Waals surface area (Å²) in [6.45, 7) is 5.98. The van der Waals surface area contributed by atoms with Crippen LogP contribution in [0.3, 0.4) is 0 Å². The van der Waals surface area contributed by atoms with E-state index in [9.17, 15) is 4.79 Å². The van der Waals surface area contributed by atoms with Gasteiger partial charge in [-0.15, -0.1) is 0 Å². The number of hydrogen-bond donors (Lipinski definition) is 2. The number of aromatic nitrogens is 4. The zero-order chi connectivity index (χ0) is 27.9. The highest BCUT2D eigenvalue weighted by Gasteiger charge is 2.41. The van der Waals surface area contributed by atoms with E-state index in [1.807, 2.05) is 24.3 Å². The summed E-state index contributed by atoms with van der Waals surface area (Å²) in [7, 11) is 1.67. The van der Waals surface area contributed by atoms with Gasteiger partial charge in [0.1, 0.15) is 29.9 Å². The molecule has 2 fully saturated rings. The zero-order valence-corrected chi connectivity index (χ0v) is 23.1. The predicted octanol–water partition coefficient (Wildman–Crippen LogP) is 1.53. The molecule has 0 bridgehead atoms. The first-order valence-electron chi connectivity index (χ1n) is 14.2. The number of nitrogens with zero attached hydrogens (tertiary/aromatic N) is 7. The number of fused-ring (bicyclic) bond motifs is 3. The van der Waals surface area contributed by atoms with Crippen molar-refractivity contribution in [3.63, 3.8) is 0 Å². The van der Waals surface area contributed by atoms with E-state index in [1.54, 1.807) is 27.5 Å². The van der Waals surface area contributed by atoms with Crippen molar-refractivity contribution in [2.45, 2.75) is 25.6 Å². The minimum atomic E-state index is -0.214. The number of nitrogens with two attached hydrogens (primary N) is 1. The van der Waals surface area contributed by atoms with Gasteiger partial charge in [0.15, 0.2) is 11.6 Å². The van der Waals surface area contributed by atoms with Crippen LogP contribution in [0.1, 0.15) is 24.3 Å². The normalized spacial score (nSPS) is 19.6. The fourth-order valence-electron chi connectivity index (χ4n) is 5.69. The van der Waals surface area contributed by atoms with Crippen molar-refractivity contribution in [3.05, 3.63) is 64.6 Å². The fraction of sp³-hybridized carbons (Fsp3) is 0.464. The topological polar surface area (TPSA) is 135 Å². The molecule has 3 aromatic heterocycles. The number of hydrogen-bond acceptors (Lipinski definition) is 10. The molecule has 1 atom stereocenters. The van der Waals surface area contributed by atoms with Crippen molar-refractivity contribution in [2.24, 2.45) is 16.8 Å². The number of furan rings is 1. The van der Waals surface area contributed by atoms with E-state index in [-0.39, 0.29) is 11.9 Å². The van der Waals surface area contributed by atoms with Gasteiger partial charge in [-0.25, -0.2) is 20.3 Å². The van der Waals surface area contributed by atoms with Crippen LogP contribution in [0.15, 0.2) is 56.9 Å². The number of nitrogens with one attached hydrogen (secondary N) is 1. The van der Waals surface area contributed by atoms with Crippen LogP contribution in [-0.4, -0.2) is 89.0 Å². The number of imidazole rings is 1. The number of methoxy groups -OCH3 is 1. The smallest absolute Gasteiger partial charge is 0.343 e. The maximum atomic E-state index is 13.1. The van der Waals surface area contributed by atoms with Gasteiger partial charge in [0, 0.05) is 58.0 Å². The van der Waals surface area contributed by atoms with Crippen LogP contribution in [-0.2, 0) is 11.3 Å². The SMILES string of the molecule is COCCOc1ccc(N2CCN(CCn3c(=O)[nH]n4c5c(nc34)N(N)C(C3CC3)N=C5c3ccco3)CC2)cc1. The van der Waals surface area contributed by atoms with Gasteiger partial charge in [-0.3, -0.25) is 19.5 Å². The summed E-state index contributed by atoms with van der Waals surface area (Å²) in [5.74, 6) is 9.54. The van der Waals surface area contributed by atoms with E-state index in [1.165, 1.54) is 5.69 Å². The Morgan fingerprint density at radius 3 is 2.59 bits per heavy atom. The number of hydrazine groups is 1. The lowest BCUT2D eigenvalue weighted by molar-refractivity contribution is 0.146. The first-order chi connectivity index (χ1) is 20.1. The van der Waals surface area contributed by atoms with E-state index in [0.717, 1.165) is 51.3 Å². The third kappa shape index (κ3) is 4.89. The maximum absolute atomic E-state index is 13.1. The number of anilines is 2. The molecule has 216 valence electrons. The quantitative estimate of drug-likeness (QED) is 0.218. The standard InChI is InChI=1S/C28H35N9O4/c1-39-17-18-40-21-8-6-20(7-9-21)34-13-10-33(11-14-34)12-15-35-27-31-26-24(37(27)32-28(35)38)23(22-3-2-16-41-22)30-25(36(26)29)19-4-5-19/h2-3,6-9,16,19,25H,4-5,10-15,17-18,29H2,1H3,(H,32,38). The molecule has 0 spiro atoms. The Balaban J connectivity index is 1.04. The van der Waals surface area contributed by atoms with Crippen LogP contribution in [0.2, 0.25) is 0 Å². The van der Waals surface area contributed by atoms with Gasteiger partial charge in [0.25, 0.3) is 0 Å². The number of aromatic amines is 1. The highest BCUT2D eigenvalue weighted by molar-refractivity contribution is 6.14. The van der Waals surface area contributed by atoms with Gasteiger partial charge in [-0.2, -0.15) is 4.98 Å². The molecular weight excluding hydrogens is 526 g/mol. The summed E-state index contributed by atoms with van der Waals surface area (Å²) >= 11 is 0. The van der Waals surface area contributed by atoms with Gasteiger partial charge < -0.3 is 18.8 Å². The third-order valence-corrected chi connectivity index (χ3v) is 8.12. The van der Waals surface area contributed by atoms with Crippen LogP contribution in [0, 0.1) is 5.92 Å². The highest BCUT2D eigenvalue weighted by Crippen LogP contribution is 2.40. The summed E-state index contributed by atoms with van der Waals surface area (Å²) in [6, 6.07) is 11.9. The lowest BCUT2D eigenvalue weighted by atomic mass is 10.1. The molecule has 1 aromatic carbocycles. The Morgan fingerprint density at radius 1 is 1.07 bits per heavy atom. The highest BCUT2D eigenvalue weighted by atomic mass is 16.5. The van der Waals surface area contributed by atoms with Crippen LogP contribution >= 0.6 is 0 Å². The number of H-pyrrole nitrogens is 1. The molecule has 1 aliphatic carbocycles. The molecule has 2 aliphatic heterocycles. The number of aliphatic imine (C=N–C) groups is 1. The monoisotopic (exact) mass is 561 g/mol. The fourth-order valence-corrected chi connectivity index (χ4v) is 5.69.